The first kappa shape index (κ1) is 24.8. The maximum atomic E-state index is 6.16. The molecule has 0 N–H and O–H groups in total. The van der Waals surface area contributed by atoms with Crippen LogP contribution in [-0.4, -0.2) is 33.6 Å². The van der Waals surface area contributed by atoms with Crippen LogP contribution in [0.3, 0.4) is 0 Å². The van der Waals surface area contributed by atoms with Crippen LogP contribution in [0.2, 0.25) is 6.04 Å². The Kier molecular flexibility index (Phi) is 14.9. The molecule has 1 unspecified atom stereocenters. The lowest BCUT2D eigenvalue weighted by molar-refractivity contribution is -0.0426. The van der Waals surface area contributed by atoms with E-state index >= 15 is 0 Å². The van der Waals surface area contributed by atoms with Crippen molar-refractivity contribution in [2.75, 3.05) is 19.8 Å². The lowest BCUT2D eigenvalue weighted by Crippen LogP contribution is -2.65. The molecule has 0 aliphatic carbocycles. The van der Waals surface area contributed by atoms with Crippen LogP contribution < -0.4 is 0 Å². The zero-order valence-corrected chi connectivity index (χ0v) is 18.7. The fourth-order valence-electron chi connectivity index (χ4n) is 3.82. The van der Waals surface area contributed by atoms with E-state index < -0.39 is 8.56 Å². The molecule has 0 bridgehead atoms. The normalized spacial score (nSPS) is 22.1. The topological polar surface area (TPSA) is 27.7 Å². The highest BCUT2D eigenvalue weighted by Crippen LogP contribution is 2.42. The summed E-state index contributed by atoms with van der Waals surface area (Å²) in [5, 5.41) is -0.119. The Bertz CT molecular complexity index is 307. The minimum absolute atomic E-state index is 0.119. The van der Waals surface area contributed by atoms with Crippen molar-refractivity contribution in [1.29, 1.82) is 0 Å². The zero-order chi connectivity index (χ0) is 19.0. The van der Waals surface area contributed by atoms with Gasteiger partial charge in [0.25, 0.3) is 0 Å². The average Bonchev–Trinajstić information content (AvgIpc) is 2.62. The van der Waals surface area contributed by atoms with Gasteiger partial charge < -0.3 is 13.6 Å². The van der Waals surface area contributed by atoms with Gasteiger partial charge in [-0.3, -0.25) is 0 Å². The van der Waals surface area contributed by atoms with Crippen LogP contribution in [0.4, 0.5) is 0 Å². The van der Waals surface area contributed by atoms with Gasteiger partial charge in [0.15, 0.2) is 0 Å². The van der Waals surface area contributed by atoms with Gasteiger partial charge in [-0.1, -0.05) is 52.0 Å². The van der Waals surface area contributed by atoms with Crippen molar-refractivity contribution in [3.05, 3.63) is 12.7 Å². The van der Waals surface area contributed by atoms with Gasteiger partial charge in [0, 0.05) is 19.8 Å². The van der Waals surface area contributed by atoms with Crippen LogP contribution in [0.5, 0.6) is 0 Å². The molecule has 25 heavy (non-hydrogen) atoms. The summed E-state index contributed by atoms with van der Waals surface area (Å²) in [6.45, 7) is 16.5. The predicted octanol–water partition coefficient (Wildman–Crippen LogP) is 6.55. The number of hydrogen-bond donors (Lipinski definition) is 0. The van der Waals surface area contributed by atoms with E-state index in [0.29, 0.717) is 0 Å². The van der Waals surface area contributed by atoms with Crippen LogP contribution in [0, 0.1) is 0 Å². The van der Waals surface area contributed by atoms with Gasteiger partial charge >= 0.3 is 8.56 Å². The van der Waals surface area contributed by atoms with Gasteiger partial charge in [-0.15, -0.1) is 6.58 Å². The van der Waals surface area contributed by atoms with Crippen LogP contribution >= 0.6 is 0 Å². The van der Waals surface area contributed by atoms with Crippen molar-refractivity contribution >= 4 is 8.56 Å². The summed E-state index contributed by atoms with van der Waals surface area (Å²) in [7, 11) is -2.21. The summed E-state index contributed by atoms with van der Waals surface area (Å²) < 4.78 is 18.5. The van der Waals surface area contributed by atoms with E-state index in [1.807, 2.05) is 6.08 Å². The molecular weight excluding hydrogens is 328 g/mol. The fourth-order valence-corrected chi connectivity index (χ4v) is 8.29. The number of allylic oxidation sites excluding steroid dienone is 1. The molecule has 1 rings (SSSR count). The molecule has 150 valence electrons. The molecule has 0 aromatic carbocycles. The van der Waals surface area contributed by atoms with Crippen molar-refractivity contribution in [3.63, 3.8) is 0 Å². The highest BCUT2D eigenvalue weighted by atomic mass is 28.4. The molecule has 1 fully saturated rings. The quantitative estimate of drug-likeness (QED) is 0.221. The first-order valence-electron chi connectivity index (χ1n) is 10.6. The second-order valence-electron chi connectivity index (χ2n) is 6.74. The highest BCUT2D eigenvalue weighted by Gasteiger charge is 2.58. The molecule has 0 spiro atoms. The van der Waals surface area contributed by atoms with Crippen molar-refractivity contribution < 1.29 is 13.6 Å². The van der Waals surface area contributed by atoms with E-state index in [1.54, 1.807) is 0 Å². The Morgan fingerprint density at radius 1 is 0.920 bits per heavy atom. The average molecular weight is 373 g/mol. The molecule has 1 heterocycles. The third-order valence-electron chi connectivity index (χ3n) is 5.04. The molecule has 0 radical (unpaired) electrons. The van der Waals surface area contributed by atoms with Gasteiger partial charge in [0.05, 0.1) is 0 Å². The van der Waals surface area contributed by atoms with Crippen molar-refractivity contribution in [1.82, 2.24) is 0 Å². The van der Waals surface area contributed by atoms with Gasteiger partial charge in [0.2, 0.25) is 0 Å². The Hall–Kier alpha value is -0.163. The Labute approximate surface area is 158 Å². The van der Waals surface area contributed by atoms with Gasteiger partial charge in [0.1, 0.15) is 5.22 Å². The third-order valence-corrected chi connectivity index (χ3v) is 9.70. The second-order valence-corrected chi connectivity index (χ2v) is 10.2. The van der Waals surface area contributed by atoms with Crippen molar-refractivity contribution in [2.45, 2.75) is 104 Å². The van der Waals surface area contributed by atoms with E-state index in [1.165, 1.54) is 44.9 Å². The smallest absolute Gasteiger partial charge is 0.371 e. The summed E-state index contributed by atoms with van der Waals surface area (Å²) in [6, 6.07) is 1.09. The maximum absolute atomic E-state index is 6.16. The van der Waals surface area contributed by atoms with Gasteiger partial charge in [-0.25, -0.2) is 0 Å². The first-order valence-corrected chi connectivity index (χ1v) is 12.7. The summed E-state index contributed by atoms with van der Waals surface area (Å²) >= 11 is 0. The van der Waals surface area contributed by atoms with E-state index in [0.717, 1.165) is 38.7 Å². The van der Waals surface area contributed by atoms with Gasteiger partial charge in [-0.2, -0.15) is 0 Å². The minimum Gasteiger partial charge on any atom is -0.393 e. The summed E-state index contributed by atoms with van der Waals surface area (Å²) in [4.78, 5) is 0. The van der Waals surface area contributed by atoms with Crippen LogP contribution in [-0.2, 0) is 13.6 Å². The molecule has 0 aromatic rings. The fraction of sp³-hybridized carbons (Fsp3) is 0.905. The van der Waals surface area contributed by atoms with Crippen LogP contribution in [0.15, 0.2) is 12.7 Å². The molecule has 1 saturated heterocycles. The standard InChI is InChI=1S/C13H28O3Si.C8H16/c1-5-13(14-6-2)11-9-10-12-17(13,15-7-3)16-8-4;1-3-5-7-8-6-4-2/h5-12H2,1-4H3;3H,1,4-8H2,2H3. The first-order chi connectivity index (χ1) is 12.1. The summed E-state index contributed by atoms with van der Waals surface area (Å²) in [6.07, 6.45) is 13.2. The number of rotatable bonds is 12. The molecule has 1 atom stereocenters. The lowest BCUT2D eigenvalue weighted by Gasteiger charge is -2.49. The zero-order valence-electron chi connectivity index (χ0n) is 17.7. The SMILES string of the molecule is C=CCCCCCC.CCOC1(CC)CCCC[Si]1(OCC)OCC. The Morgan fingerprint density at radius 3 is 2.08 bits per heavy atom. The van der Waals surface area contributed by atoms with Crippen molar-refractivity contribution in [2.24, 2.45) is 0 Å². The largest absolute Gasteiger partial charge is 0.393 e. The summed E-state index contributed by atoms with van der Waals surface area (Å²) in [5.74, 6) is 0. The summed E-state index contributed by atoms with van der Waals surface area (Å²) in [5.41, 5.74) is 0. The second kappa shape index (κ2) is 14.9. The number of ether oxygens (including phenoxy) is 1. The molecule has 0 aromatic heterocycles. The molecule has 3 nitrogen and oxygen atoms in total. The third kappa shape index (κ3) is 7.94. The van der Waals surface area contributed by atoms with E-state index in [2.05, 4.69) is 41.2 Å². The number of hydrogen-bond acceptors (Lipinski definition) is 3. The molecule has 1 aliphatic rings. The van der Waals surface area contributed by atoms with E-state index in [4.69, 9.17) is 13.6 Å². The molecule has 0 amide bonds. The molecule has 0 saturated carbocycles. The van der Waals surface area contributed by atoms with Crippen molar-refractivity contribution in [3.8, 4) is 0 Å². The molecular formula is C21H44O3Si. The maximum Gasteiger partial charge on any atom is 0.371 e. The van der Waals surface area contributed by atoms with E-state index in [-0.39, 0.29) is 5.22 Å². The minimum atomic E-state index is -2.21. The Morgan fingerprint density at radius 2 is 1.60 bits per heavy atom. The van der Waals surface area contributed by atoms with Crippen LogP contribution in [0.1, 0.15) is 92.4 Å². The van der Waals surface area contributed by atoms with E-state index in [9.17, 15) is 0 Å². The highest BCUT2D eigenvalue weighted by molar-refractivity contribution is 6.70. The van der Waals surface area contributed by atoms with Crippen LogP contribution in [0.25, 0.3) is 0 Å². The number of unbranched alkanes of at least 4 members (excludes halogenated alkanes) is 4. The molecule has 4 heteroatoms. The lowest BCUT2D eigenvalue weighted by atomic mass is 10.1. The molecule has 1 aliphatic heterocycles. The Balaban J connectivity index is 0.000000609. The predicted molar refractivity (Wildman–Crippen MR) is 111 cm³/mol. The van der Waals surface area contributed by atoms with Gasteiger partial charge in [-0.05, 0) is 52.5 Å². The monoisotopic (exact) mass is 372 g/mol.